The zero-order valence-corrected chi connectivity index (χ0v) is 22.4. The third-order valence-electron chi connectivity index (χ3n) is 5.94. The number of hydrogen-bond donors (Lipinski definition) is 4. The average molecular weight is 529 g/mol. The van der Waals surface area contributed by atoms with Crippen molar-refractivity contribution >= 4 is 29.3 Å². The van der Waals surface area contributed by atoms with E-state index in [1.807, 2.05) is 75.4 Å². The Bertz CT molecular complexity index is 1090. The highest BCUT2D eigenvalue weighted by Gasteiger charge is 2.38. The highest BCUT2D eigenvalue weighted by Crippen LogP contribution is 2.35. The van der Waals surface area contributed by atoms with Gasteiger partial charge < -0.3 is 30.3 Å². The number of allylic oxidation sites excluding steroid dienone is 1. The second-order valence-electron chi connectivity index (χ2n) is 10.1. The van der Waals surface area contributed by atoms with Crippen molar-refractivity contribution in [2.45, 2.75) is 62.7 Å². The maximum absolute atomic E-state index is 13.6. The lowest BCUT2D eigenvalue weighted by Gasteiger charge is -2.29. The van der Waals surface area contributed by atoms with Crippen LogP contribution < -0.4 is 10.2 Å². The predicted octanol–water partition coefficient (Wildman–Crippen LogP) is 2.51. The lowest BCUT2D eigenvalue weighted by molar-refractivity contribution is -0.150. The van der Waals surface area contributed by atoms with Crippen LogP contribution in [0, 0.1) is 5.41 Å². The summed E-state index contributed by atoms with van der Waals surface area (Å²) >= 11 is 1.45. The maximum atomic E-state index is 13.6. The van der Waals surface area contributed by atoms with Crippen LogP contribution in [0.2, 0.25) is 0 Å². The van der Waals surface area contributed by atoms with Gasteiger partial charge in [0.05, 0.1) is 12.2 Å². The van der Waals surface area contributed by atoms with Gasteiger partial charge in [-0.3, -0.25) is 9.59 Å². The number of thioether (sulfide) groups is 1. The molecule has 1 aliphatic heterocycles. The summed E-state index contributed by atoms with van der Waals surface area (Å²) in [5.74, 6) is -0.780. The van der Waals surface area contributed by atoms with Crippen LogP contribution in [0.1, 0.15) is 26.3 Å². The van der Waals surface area contributed by atoms with E-state index in [1.165, 1.54) is 24.9 Å². The number of nitrogens with zero attached hydrogens (tertiary/aromatic N) is 1. The normalized spacial score (nSPS) is 19.6. The fraction of sp³-hybridized carbons (Fsp3) is 0.429. The molecule has 3 rings (SSSR count). The van der Waals surface area contributed by atoms with Crippen molar-refractivity contribution < 1.29 is 29.6 Å². The van der Waals surface area contributed by atoms with E-state index in [-0.39, 0.29) is 17.1 Å². The topological polar surface area (TPSA) is 119 Å². The molecular formula is C28H36N2O6S. The van der Waals surface area contributed by atoms with E-state index in [9.17, 15) is 24.9 Å². The van der Waals surface area contributed by atoms with Gasteiger partial charge in [-0.2, -0.15) is 0 Å². The minimum atomic E-state index is -1.73. The zero-order valence-electron chi connectivity index (χ0n) is 21.6. The Morgan fingerprint density at radius 2 is 1.76 bits per heavy atom. The van der Waals surface area contributed by atoms with Gasteiger partial charge in [0.25, 0.3) is 11.8 Å². The van der Waals surface area contributed by atoms with Crippen LogP contribution in [-0.4, -0.2) is 70.5 Å². The molecule has 37 heavy (non-hydrogen) atoms. The maximum Gasteiger partial charge on any atom is 0.252 e. The third-order valence-corrected chi connectivity index (χ3v) is 7.10. The molecule has 0 aromatic heterocycles. The lowest BCUT2D eigenvalue weighted by Crippen LogP contribution is -2.56. The molecule has 5 atom stereocenters. The molecule has 1 aliphatic rings. The van der Waals surface area contributed by atoms with E-state index in [0.717, 1.165) is 16.1 Å². The molecule has 1 heterocycles. The Balaban J connectivity index is 1.77. The second-order valence-corrected chi connectivity index (χ2v) is 11.2. The Kier molecular flexibility index (Phi) is 9.92. The van der Waals surface area contributed by atoms with Crippen molar-refractivity contribution in [3.8, 4) is 0 Å². The predicted molar refractivity (Wildman–Crippen MR) is 144 cm³/mol. The quantitative estimate of drug-likeness (QED) is 0.369. The van der Waals surface area contributed by atoms with Crippen LogP contribution in [0.5, 0.6) is 0 Å². The summed E-state index contributed by atoms with van der Waals surface area (Å²) in [6.07, 6.45) is -3.23. The number of aliphatic hydroxyl groups excluding tert-OH is 3. The largest absolute Gasteiger partial charge is 0.387 e. The average Bonchev–Trinajstić information content (AvgIpc) is 2.99. The van der Waals surface area contributed by atoms with Crippen molar-refractivity contribution in [3.05, 3.63) is 72.3 Å². The van der Waals surface area contributed by atoms with Gasteiger partial charge in [0.2, 0.25) is 0 Å². The van der Waals surface area contributed by atoms with Crippen LogP contribution >= 0.6 is 11.8 Å². The molecule has 0 bridgehead atoms. The molecule has 0 aliphatic carbocycles. The second kappa shape index (κ2) is 12.7. The molecule has 0 spiro atoms. The van der Waals surface area contributed by atoms with Crippen molar-refractivity contribution in [3.63, 3.8) is 0 Å². The molecule has 8 nitrogen and oxygen atoms in total. The van der Waals surface area contributed by atoms with Gasteiger partial charge in [0.15, 0.2) is 6.10 Å². The van der Waals surface area contributed by atoms with Crippen molar-refractivity contribution in [1.29, 1.82) is 0 Å². The minimum absolute atomic E-state index is 0.246. The van der Waals surface area contributed by atoms with Crippen molar-refractivity contribution in [1.82, 2.24) is 5.32 Å². The molecule has 0 fully saturated rings. The fourth-order valence-corrected chi connectivity index (χ4v) is 5.00. The van der Waals surface area contributed by atoms with Gasteiger partial charge in [-0.1, -0.05) is 75.4 Å². The number of rotatable bonds is 9. The van der Waals surface area contributed by atoms with Gasteiger partial charge in [-0.15, -0.1) is 11.8 Å². The number of fused-ring (bicyclic) bond motifs is 1. The molecule has 2 amide bonds. The van der Waals surface area contributed by atoms with Crippen molar-refractivity contribution in [2.24, 2.45) is 5.41 Å². The first-order valence-corrected chi connectivity index (χ1v) is 13.1. The number of methoxy groups -OCH3 is 1. The number of ether oxygens (including phenoxy) is 1. The lowest BCUT2D eigenvalue weighted by atomic mass is 9.94. The van der Waals surface area contributed by atoms with E-state index >= 15 is 0 Å². The summed E-state index contributed by atoms with van der Waals surface area (Å²) in [5, 5.41) is 34.1. The number of benzene rings is 2. The van der Waals surface area contributed by atoms with E-state index in [2.05, 4.69) is 5.32 Å². The van der Waals surface area contributed by atoms with Gasteiger partial charge >= 0.3 is 0 Å². The highest BCUT2D eigenvalue weighted by atomic mass is 32.2. The van der Waals surface area contributed by atoms with E-state index < -0.39 is 36.4 Å². The molecule has 0 unspecified atom stereocenters. The molecule has 2 aromatic rings. The summed E-state index contributed by atoms with van der Waals surface area (Å²) < 4.78 is 5.19. The van der Waals surface area contributed by atoms with Crippen LogP contribution in [-0.2, 0) is 20.9 Å². The molecule has 200 valence electrons. The van der Waals surface area contributed by atoms with Crippen LogP contribution in [0.3, 0.4) is 0 Å². The number of amides is 2. The number of aliphatic hydroxyl groups is 3. The van der Waals surface area contributed by atoms with Crippen molar-refractivity contribution in [2.75, 3.05) is 17.8 Å². The highest BCUT2D eigenvalue weighted by molar-refractivity contribution is 7.99. The first-order valence-electron chi connectivity index (χ1n) is 12.2. The van der Waals surface area contributed by atoms with Gasteiger partial charge in [-0.25, -0.2) is 0 Å². The Hall–Kier alpha value is -2.69. The number of para-hydroxylation sites is 1. The molecule has 2 aromatic carbocycles. The number of anilines is 1. The summed E-state index contributed by atoms with van der Waals surface area (Å²) in [5.41, 5.74) is 1.45. The molecule has 0 radical (unpaired) electrons. The van der Waals surface area contributed by atoms with E-state index in [0.29, 0.717) is 6.54 Å². The number of nitrogens with one attached hydrogen (secondary N) is 1. The summed E-state index contributed by atoms with van der Waals surface area (Å²) in [6, 6.07) is 16.2. The Morgan fingerprint density at radius 1 is 1.11 bits per heavy atom. The van der Waals surface area contributed by atoms with E-state index in [4.69, 9.17) is 4.74 Å². The standard InChI is InChI=1S/C28H36N2O6S/c1-28(2,3)15-14-21(31)23(32)24(33)25(36-4)26(34)29-19-17-37-22-13-9-8-12-20(22)30(27(19)35)16-18-10-6-5-7-11-18/h5-15,19,21,23-25,31-33H,16-17H2,1-4H3,(H,29,34)/t19-,21+,23-,24+,25+/m0/s1. The molecular weight excluding hydrogens is 492 g/mol. The third kappa shape index (κ3) is 7.66. The summed E-state index contributed by atoms with van der Waals surface area (Å²) in [7, 11) is 1.22. The SMILES string of the molecule is CO[C@@H](C(=O)N[C@H]1CSc2ccccc2N(Cc2ccccc2)C1=O)[C@H](O)[C@@H](O)[C@H](O)C=CC(C)(C)C. The summed E-state index contributed by atoms with van der Waals surface area (Å²) in [6.45, 7) is 6.09. The number of carbonyl (C=O) groups is 2. The molecule has 0 saturated carbocycles. The first kappa shape index (κ1) is 28.9. The zero-order chi connectivity index (χ0) is 27.2. The Morgan fingerprint density at radius 3 is 2.41 bits per heavy atom. The summed E-state index contributed by atoms with van der Waals surface area (Å²) in [4.78, 5) is 29.3. The van der Waals surface area contributed by atoms with Crippen LogP contribution in [0.15, 0.2) is 71.6 Å². The van der Waals surface area contributed by atoms with Crippen LogP contribution in [0.25, 0.3) is 0 Å². The molecule has 9 heteroatoms. The smallest absolute Gasteiger partial charge is 0.252 e. The number of carbonyl (C=O) groups excluding carboxylic acids is 2. The Labute approximate surface area is 222 Å². The monoisotopic (exact) mass is 528 g/mol. The van der Waals surface area contributed by atoms with Gasteiger partial charge in [-0.05, 0) is 23.1 Å². The van der Waals surface area contributed by atoms with Gasteiger partial charge in [0, 0.05) is 17.8 Å². The fourth-order valence-electron chi connectivity index (χ4n) is 3.92. The molecule has 0 saturated heterocycles. The minimum Gasteiger partial charge on any atom is -0.387 e. The van der Waals surface area contributed by atoms with Crippen LogP contribution in [0.4, 0.5) is 5.69 Å². The van der Waals surface area contributed by atoms with Gasteiger partial charge in [0.1, 0.15) is 24.4 Å². The van der Waals surface area contributed by atoms with E-state index in [1.54, 1.807) is 11.0 Å². The number of hydrogen-bond acceptors (Lipinski definition) is 7. The molecule has 4 N–H and O–H groups in total. The first-order chi connectivity index (χ1) is 17.5.